The van der Waals surface area contributed by atoms with E-state index in [1.165, 1.54) is 0 Å². The number of fused-ring (bicyclic) bond motifs is 2. The van der Waals surface area contributed by atoms with Gasteiger partial charge in [0.25, 0.3) is 5.91 Å². The molecule has 1 aromatic heterocycles. The Morgan fingerprint density at radius 3 is 2.63 bits per heavy atom. The van der Waals surface area contributed by atoms with Crippen LogP contribution >= 0.6 is 0 Å². The Bertz CT molecular complexity index is 893. The first-order valence-electron chi connectivity index (χ1n) is 9.69. The smallest absolute Gasteiger partial charge is 0.257 e. The molecule has 6 heteroatoms. The maximum atomic E-state index is 13.0. The van der Waals surface area contributed by atoms with Crippen molar-refractivity contribution >= 4 is 17.5 Å². The minimum Gasteiger partial charge on any atom is -0.338 e. The molecule has 0 N–H and O–H groups in total. The SMILES string of the molecule is CCCn1cc(C(=O)N2CCC3(CC2)C(=O)N(C)c2ccccc23)c(C)n1. The number of amides is 2. The topological polar surface area (TPSA) is 58.4 Å². The van der Waals surface area contributed by atoms with Crippen LogP contribution in [0, 0.1) is 6.92 Å². The van der Waals surface area contributed by atoms with Gasteiger partial charge in [-0.05, 0) is 37.8 Å². The molecule has 0 radical (unpaired) electrons. The number of aryl methyl sites for hydroxylation is 2. The van der Waals surface area contributed by atoms with E-state index in [1.54, 1.807) is 4.90 Å². The third kappa shape index (κ3) is 2.66. The molecule has 2 amide bonds. The third-order valence-corrected chi connectivity index (χ3v) is 6.03. The zero-order valence-corrected chi connectivity index (χ0v) is 16.2. The van der Waals surface area contributed by atoms with Crippen molar-refractivity contribution in [2.24, 2.45) is 0 Å². The molecule has 1 aromatic carbocycles. The second-order valence-corrected chi connectivity index (χ2v) is 7.65. The first-order chi connectivity index (χ1) is 13.0. The largest absolute Gasteiger partial charge is 0.338 e. The van der Waals surface area contributed by atoms with Gasteiger partial charge in [0.1, 0.15) is 0 Å². The molecule has 2 aliphatic heterocycles. The minimum atomic E-state index is -0.483. The Morgan fingerprint density at radius 1 is 1.22 bits per heavy atom. The Morgan fingerprint density at radius 2 is 1.93 bits per heavy atom. The summed E-state index contributed by atoms with van der Waals surface area (Å²) >= 11 is 0. The number of para-hydroxylation sites is 1. The van der Waals surface area contributed by atoms with Gasteiger partial charge in [-0.1, -0.05) is 25.1 Å². The zero-order valence-electron chi connectivity index (χ0n) is 16.2. The molecule has 1 saturated heterocycles. The second kappa shape index (κ2) is 6.51. The number of piperidine rings is 1. The van der Waals surface area contributed by atoms with Gasteiger partial charge in [0.15, 0.2) is 0 Å². The Hall–Kier alpha value is -2.63. The number of carbonyl (C=O) groups is 2. The van der Waals surface area contributed by atoms with Gasteiger partial charge in [0, 0.05) is 38.6 Å². The fourth-order valence-electron chi connectivity index (χ4n) is 4.53. The lowest BCUT2D eigenvalue weighted by Gasteiger charge is -2.38. The molecule has 2 aromatic rings. The van der Waals surface area contributed by atoms with Gasteiger partial charge in [-0.2, -0.15) is 5.10 Å². The van der Waals surface area contributed by atoms with Crippen molar-refractivity contribution < 1.29 is 9.59 Å². The summed E-state index contributed by atoms with van der Waals surface area (Å²) in [6, 6.07) is 8.03. The first-order valence-corrected chi connectivity index (χ1v) is 9.69. The molecule has 1 spiro atoms. The van der Waals surface area contributed by atoms with Crippen LogP contribution in [-0.4, -0.2) is 46.6 Å². The monoisotopic (exact) mass is 366 g/mol. The number of rotatable bonds is 3. The Balaban J connectivity index is 1.54. The fraction of sp³-hybridized carbons (Fsp3) is 0.476. The molecule has 4 rings (SSSR count). The highest BCUT2D eigenvalue weighted by atomic mass is 16.2. The van der Waals surface area contributed by atoms with E-state index in [9.17, 15) is 9.59 Å². The summed E-state index contributed by atoms with van der Waals surface area (Å²) in [4.78, 5) is 29.7. The van der Waals surface area contributed by atoms with Crippen LogP contribution in [0.15, 0.2) is 30.5 Å². The summed E-state index contributed by atoms with van der Waals surface area (Å²) in [7, 11) is 1.85. The number of aromatic nitrogens is 2. The molecule has 2 aliphatic rings. The number of nitrogens with zero attached hydrogens (tertiary/aromatic N) is 4. The van der Waals surface area contributed by atoms with Crippen molar-refractivity contribution in [1.82, 2.24) is 14.7 Å². The molecule has 6 nitrogen and oxygen atoms in total. The maximum Gasteiger partial charge on any atom is 0.257 e. The molecule has 0 bridgehead atoms. The fourth-order valence-corrected chi connectivity index (χ4v) is 4.53. The van der Waals surface area contributed by atoms with E-state index in [4.69, 9.17) is 0 Å². The van der Waals surface area contributed by atoms with Gasteiger partial charge in [-0.3, -0.25) is 14.3 Å². The number of benzene rings is 1. The molecule has 1 fully saturated rings. The summed E-state index contributed by atoms with van der Waals surface area (Å²) in [5.41, 5.74) is 3.07. The van der Waals surface area contributed by atoms with Crippen LogP contribution < -0.4 is 4.90 Å². The predicted octanol–water partition coefficient (Wildman–Crippen LogP) is 2.75. The second-order valence-electron chi connectivity index (χ2n) is 7.65. The van der Waals surface area contributed by atoms with E-state index in [1.807, 2.05) is 47.9 Å². The number of carbonyl (C=O) groups excluding carboxylic acids is 2. The predicted molar refractivity (Wildman–Crippen MR) is 104 cm³/mol. The highest BCUT2D eigenvalue weighted by Gasteiger charge is 2.51. The standard InChI is InChI=1S/C21H26N4O2/c1-4-11-25-14-16(15(2)22-25)19(26)24-12-9-21(10-13-24)17-7-5-6-8-18(17)23(3)20(21)27/h5-8,14H,4,9-13H2,1-3H3. The Labute approximate surface area is 159 Å². The van der Waals surface area contributed by atoms with E-state index < -0.39 is 5.41 Å². The molecular formula is C21H26N4O2. The van der Waals surface area contributed by atoms with E-state index in [0.717, 1.165) is 29.9 Å². The van der Waals surface area contributed by atoms with Gasteiger partial charge in [-0.15, -0.1) is 0 Å². The van der Waals surface area contributed by atoms with Gasteiger partial charge < -0.3 is 9.80 Å². The van der Waals surface area contributed by atoms with Crippen LogP contribution in [-0.2, 0) is 16.8 Å². The van der Waals surface area contributed by atoms with Gasteiger partial charge >= 0.3 is 0 Å². The molecule has 0 atom stereocenters. The number of anilines is 1. The molecule has 142 valence electrons. The van der Waals surface area contributed by atoms with Gasteiger partial charge in [0.05, 0.1) is 16.7 Å². The molecule has 3 heterocycles. The Kier molecular flexibility index (Phi) is 4.29. The van der Waals surface area contributed by atoms with E-state index in [2.05, 4.69) is 18.1 Å². The highest BCUT2D eigenvalue weighted by Crippen LogP contribution is 2.47. The highest BCUT2D eigenvalue weighted by molar-refractivity contribution is 6.08. The van der Waals surface area contributed by atoms with E-state index in [0.29, 0.717) is 31.5 Å². The van der Waals surface area contributed by atoms with Crippen LogP contribution in [0.2, 0.25) is 0 Å². The summed E-state index contributed by atoms with van der Waals surface area (Å²) in [6.45, 7) is 5.97. The normalized spacial score (nSPS) is 18.3. The summed E-state index contributed by atoms with van der Waals surface area (Å²) in [5, 5.41) is 4.45. The van der Waals surface area contributed by atoms with Crippen molar-refractivity contribution in [1.29, 1.82) is 0 Å². The maximum absolute atomic E-state index is 13.0. The van der Waals surface area contributed by atoms with Crippen LogP contribution in [0.5, 0.6) is 0 Å². The van der Waals surface area contributed by atoms with Crippen molar-refractivity contribution in [3.8, 4) is 0 Å². The quantitative estimate of drug-likeness (QED) is 0.839. The van der Waals surface area contributed by atoms with Crippen LogP contribution in [0.4, 0.5) is 5.69 Å². The average molecular weight is 366 g/mol. The summed E-state index contributed by atoms with van der Waals surface area (Å²) < 4.78 is 1.85. The summed E-state index contributed by atoms with van der Waals surface area (Å²) in [6.07, 6.45) is 4.17. The van der Waals surface area contributed by atoms with Gasteiger partial charge in [-0.25, -0.2) is 0 Å². The number of hydrogen-bond donors (Lipinski definition) is 0. The lowest BCUT2D eigenvalue weighted by Crippen LogP contribution is -2.49. The lowest BCUT2D eigenvalue weighted by atomic mass is 9.73. The summed E-state index contributed by atoms with van der Waals surface area (Å²) in [5.74, 6) is 0.180. The molecule has 0 saturated carbocycles. The van der Waals surface area contributed by atoms with E-state index >= 15 is 0 Å². The number of hydrogen-bond acceptors (Lipinski definition) is 3. The van der Waals surface area contributed by atoms with Crippen LogP contribution in [0.25, 0.3) is 0 Å². The zero-order chi connectivity index (χ0) is 19.2. The van der Waals surface area contributed by atoms with Crippen LogP contribution in [0.1, 0.15) is 47.8 Å². The average Bonchev–Trinajstić information content (AvgIpc) is 3.15. The number of likely N-dealkylation sites (N-methyl/N-ethyl adjacent to an activating group) is 1. The number of likely N-dealkylation sites (tertiary alicyclic amines) is 1. The van der Waals surface area contributed by atoms with Gasteiger partial charge in [0.2, 0.25) is 5.91 Å². The minimum absolute atomic E-state index is 0.0248. The third-order valence-electron chi connectivity index (χ3n) is 6.03. The lowest BCUT2D eigenvalue weighted by molar-refractivity contribution is -0.124. The molecular weight excluding hydrogens is 340 g/mol. The first kappa shape index (κ1) is 17.8. The molecule has 0 aliphatic carbocycles. The molecule has 27 heavy (non-hydrogen) atoms. The van der Waals surface area contributed by atoms with Crippen molar-refractivity contribution in [3.05, 3.63) is 47.3 Å². The van der Waals surface area contributed by atoms with Crippen molar-refractivity contribution in [2.45, 2.75) is 45.1 Å². The van der Waals surface area contributed by atoms with Crippen LogP contribution in [0.3, 0.4) is 0 Å². The molecule has 0 unspecified atom stereocenters. The van der Waals surface area contributed by atoms with Crippen molar-refractivity contribution in [2.75, 3.05) is 25.0 Å². The van der Waals surface area contributed by atoms with Crippen molar-refractivity contribution in [3.63, 3.8) is 0 Å². The van der Waals surface area contributed by atoms with E-state index in [-0.39, 0.29) is 11.8 Å².